The summed E-state index contributed by atoms with van der Waals surface area (Å²) < 4.78 is 18.9. The van der Waals surface area contributed by atoms with Gasteiger partial charge in [-0.05, 0) is 36.2 Å². The Kier molecular flexibility index (Phi) is 5.34. The minimum absolute atomic E-state index is 0.0566. The van der Waals surface area contributed by atoms with Gasteiger partial charge in [0.05, 0.1) is 11.6 Å². The third-order valence-electron chi connectivity index (χ3n) is 2.98. The average Bonchev–Trinajstić information content (AvgIpc) is 2.49. The molecule has 110 valence electrons. The Morgan fingerprint density at radius 3 is 2.76 bits per heavy atom. The molecule has 0 saturated heterocycles. The van der Waals surface area contributed by atoms with Crippen LogP contribution in [0.3, 0.4) is 0 Å². The van der Waals surface area contributed by atoms with Gasteiger partial charge < -0.3 is 4.74 Å². The third kappa shape index (κ3) is 4.30. The van der Waals surface area contributed by atoms with Gasteiger partial charge in [0.2, 0.25) is 0 Å². The van der Waals surface area contributed by atoms with E-state index >= 15 is 0 Å². The third-order valence-corrected chi connectivity index (χ3v) is 3.28. The molecule has 0 spiro atoms. The molecule has 0 atom stereocenters. The summed E-state index contributed by atoms with van der Waals surface area (Å²) in [7, 11) is 0. The van der Waals surface area contributed by atoms with E-state index in [2.05, 4.69) is 0 Å². The predicted octanol–water partition coefficient (Wildman–Crippen LogP) is 4.69. The fourth-order valence-corrected chi connectivity index (χ4v) is 2.03. The van der Waals surface area contributed by atoms with Crippen LogP contribution < -0.4 is 4.74 Å². The zero-order chi connectivity index (χ0) is 15.2. The molecule has 0 heterocycles. The lowest BCUT2D eigenvalue weighted by Crippen LogP contribution is -2.04. The Morgan fingerprint density at radius 2 is 2.05 bits per heavy atom. The van der Waals surface area contributed by atoms with Gasteiger partial charge in [-0.3, -0.25) is 4.79 Å². The van der Waals surface area contributed by atoms with Crippen molar-refractivity contribution in [2.45, 2.75) is 19.8 Å². The number of hydrogen-bond donors (Lipinski definition) is 0. The van der Waals surface area contributed by atoms with Crippen LogP contribution in [0.5, 0.6) is 5.75 Å². The fourth-order valence-electron chi connectivity index (χ4n) is 1.92. The van der Waals surface area contributed by atoms with Crippen LogP contribution in [0.15, 0.2) is 42.5 Å². The number of rotatable bonds is 6. The van der Waals surface area contributed by atoms with Gasteiger partial charge in [0.15, 0.2) is 5.78 Å². The quantitative estimate of drug-likeness (QED) is 0.723. The summed E-state index contributed by atoms with van der Waals surface area (Å²) in [5, 5.41) is 0.0566. The minimum Gasteiger partial charge on any atom is -0.494 e. The summed E-state index contributed by atoms with van der Waals surface area (Å²) in [4.78, 5) is 12.2. The fraction of sp³-hybridized carbons (Fsp3) is 0.235. The molecule has 21 heavy (non-hydrogen) atoms. The first kappa shape index (κ1) is 15.5. The van der Waals surface area contributed by atoms with Crippen LogP contribution in [0, 0.1) is 5.82 Å². The van der Waals surface area contributed by atoms with Crippen LogP contribution in [0.2, 0.25) is 5.02 Å². The monoisotopic (exact) mass is 306 g/mol. The van der Waals surface area contributed by atoms with Crippen molar-refractivity contribution in [3.05, 3.63) is 64.4 Å². The maximum Gasteiger partial charge on any atom is 0.167 e. The van der Waals surface area contributed by atoms with Gasteiger partial charge in [0.1, 0.15) is 11.6 Å². The molecule has 0 amide bonds. The van der Waals surface area contributed by atoms with Gasteiger partial charge in [0.25, 0.3) is 0 Å². The Labute approximate surface area is 128 Å². The van der Waals surface area contributed by atoms with Crippen molar-refractivity contribution in [2.24, 2.45) is 0 Å². The number of ketones is 1. The SMILES string of the molecule is CCCOc1cccc(C(=O)Cc2ccc(Cl)c(F)c2)c1. The second-order valence-corrected chi connectivity index (χ2v) is 5.13. The molecule has 0 aliphatic heterocycles. The van der Waals surface area contributed by atoms with E-state index in [1.165, 1.54) is 12.1 Å². The molecular weight excluding hydrogens is 291 g/mol. The van der Waals surface area contributed by atoms with Crippen LogP contribution >= 0.6 is 11.6 Å². The van der Waals surface area contributed by atoms with E-state index in [4.69, 9.17) is 16.3 Å². The van der Waals surface area contributed by atoms with Crippen LogP contribution in [0.4, 0.5) is 4.39 Å². The number of benzene rings is 2. The van der Waals surface area contributed by atoms with Crippen LogP contribution in [-0.2, 0) is 6.42 Å². The maximum atomic E-state index is 13.4. The van der Waals surface area contributed by atoms with Crippen molar-refractivity contribution >= 4 is 17.4 Å². The molecule has 2 rings (SSSR count). The van der Waals surface area contributed by atoms with Gasteiger partial charge in [-0.25, -0.2) is 4.39 Å². The zero-order valence-corrected chi connectivity index (χ0v) is 12.5. The lowest BCUT2D eigenvalue weighted by Gasteiger charge is -2.07. The smallest absolute Gasteiger partial charge is 0.167 e. The highest BCUT2D eigenvalue weighted by atomic mass is 35.5. The molecule has 0 unspecified atom stereocenters. The molecule has 2 nitrogen and oxygen atoms in total. The lowest BCUT2D eigenvalue weighted by atomic mass is 10.0. The topological polar surface area (TPSA) is 26.3 Å². The van der Waals surface area contributed by atoms with E-state index in [9.17, 15) is 9.18 Å². The van der Waals surface area contributed by atoms with Gasteiger partial charge in [-0.15, -0.1) is 0 Å². The number of carbonyl (C=O) groups is 1. The molecular formula is C17H16ClFO2. The number of carbonyl (C=O) groups excluding carboxylic acids is 1. The summed E-state index contributed by atoms with van der Waals surface area (Å²) in [5.41, 5.74) is 1.15. The highest BCUT2D eigenvalue weighted by Crippen LogP contribution is 2.19. The Balaban J connectivity index is 2.10. The van der Waals surface area contributed by atoms with Crippen molar-refractivity contribution in [3.8, 4) is 5.75 Å². The van der Waals surface area contributed by atoms with Crippen molar-refractivity contribution in [1.82, 2.24) is 0 Å². The second-order valence-electron chi connectivity index (χ2n) is 4.72. The van der Waals surface area contributed by atoms with Gasteiger partial charge in [0, 0.05) is 12.0 Å². The van der Waals surface area contributed by atoms with Crippen LogP contribution in [0.1, 0.15) is 29.3 Å². The van der Waals surface area contributed by atoms with Crippen molar-refractivity contribution < 1.29 is 13.9 Å². The summed E-state index contributed by atoms with van der Waals surface area (Å²) >= 11 is 5.63. The van der Waals surface area contributed by atoms with E-state index in [-0.39, 0.29) is 17.2 Å². The highest BCUT2D eigenvalue weighted by Gasteiger charge is 2.10. The molecule has 0 N–H and O–H groups in total. The molecule has 0 fully saturated rings. The molecule has 0 bridgehead atoms. The largest absolute Gasteiger partial charge is 0.494 e. The molecule has 0 saturated carbocycles. The summed E-state index contributed by atoms with van der Waals surface area (Å²) in [6, 6.07) is 11.4. The van der Waals surface area contributed by atoms with Gasteiger partial charge in [-0.1, -0.05) is 36.7 Å². The van der Waals surface area contributed by atoms with E-state index in [0.717, 1.165) is 6.42 Å². The van der Waals surface area contributed by atoms with Crippen molar-refractivity contribution in [2.75, 3.05) is 6.61 Å². The van der Waals surface area contributed by atoms with Gasteiger partial charge >= 0.3 is 0 Å². The van der Waals surface area contributed by atoms with Crippen LogP contribution in [0.25, 0.3) is 0 Å². The molecule has 4 heteroatoms. The Bertz CT molecular complexity index is 640. The molecule has 0 aliphatic rings. The molecule has 0 radical (unpaired) electrons. The second kappa shape index (κ2) is 7.23. The molecule has 0 aliphatic carbocycles. The molecule has 2 aromatic rings. The summed E-state index contributed by atoms with van der Waals surface area (Å²) in [5.74, 6) is 0.0747. The zero-order valence-electron chi connectivity index (χ0n) is 11.7. The first-order chi connectivity index (χ1) is 10.1. The predicted molar refractivity (Wildman–Crippen MR) is 81.7 cm³/mol. The minimum atomic E-state index is -0.512. The average molecular weight is 307 g/mol. The number of Topliss-reactive ketones (excluding diaryl/α,β-unsaturated/α-hetero) is 1. The number of halogens is 2. The normalized spacial score (nSPS) is 10.4. The highest BCUT2D eigenvalue weighted by molar-refractivity contribution is 6.30. The Hall–Kier alpha value is -1.87. The van der Waals surface area contributed by atoms with Gasteiger partial charge in [-0.2, -0.15) is 0 Å². The summed E-state index contributed by atoms with van der Waals surface area (Å²) in [6.45, 7) is 2.63. The van der Waals surface area contributed by atoms with Crippen molar-refractivity contribution in [1.29, 1.82) is 0 Å². The van der Waals surface area contributed by atoms with Crippen molar-refractivity contribution in [3.63, 3.8) is 0 Å². The molecule has 2 aromatic carbocycles. The standard InChI is InChI=1S/C17H16ClFO2/c1-2-8-21-14-5-3-4-13(11-14)17(20)10-12-6-7-15(18)16(19)9-12/h3-7,9,11H,2,8,10H2,1H3. The Morgan fingerprint density at radius 1 is 1.24 bits per heavy atom. The maximum absolute atomic E-state index is 13.4. The van der Waals surface area contributed by atoms with E-state index < -0.39 is 5.82 Å². The lowest BCUT2D eigenvalue weighted by molar-refractivity contribution is 0.0992. The first-order valence-corrected chi connectivity index (χ1v) is 7.18. The van der Waals surface area contributed by atoms with Crippen LogP contribution in [-0.4, -0.2) is 12.4 Å². The summed E-state index contributed by atoms with van der Waals surface area (Å²) in [6.07, 6.45) is 1.04. The number of ether oxygens (including phenoxy) is 1. The van der Waals surface area contributed by atoms with E-state index in [0.29, 0.717) is 23.5 Å². The van der Waals surface area contributed by atoms with E-state index in [1.54, 1.807) is 24.3 Å². The van der Waals surface area contributed by atoms with E-state index in [1.807, 2.05) is 13.0 Å². The first-order valence-electron chi connectivity index (χ1n) is 6.80. The number of hydrogen-bond acceptors (Lipinski definition) is 2. The molecule has 0 aromatic heterocycles.